The molecule has 0 spiro atoms. The molecule has 0 saturated heterocycles. The Kier molecular flexibility index (Phi) is 13.5. The van der Waals surface area contributed by atoms with E-state index < -0.39 is 0 Å². The lowest BCUT2D eigenvalue weighted by molar-refractivity contribution is 0.0130. The van der Waals surface area contributed by atoms with Crippen LogP contribution in [0.1, 0.15) is 77.6 Å². The number of carbonyl (C=O) groups excluding carboxylic acids is 1. The Hall–Kier alpha value is -1.01. The van der Waals surface area contributed by atoms with Crippen LogP contribution in [0.4, 0.5) is 10.5 Å². The number of urea groups is 1. The van der Waals surface area contributed by atoms with Gasteiger partial charge in [0, 0.05) is 25.4 Å². The van der Waals surface area contributed by atoms with Gasteiger partial charge in [-0.3, -0.25) is 0 Å². The van der Waals surface area contributed by atoms with Crippen molar-refractivity contribution in [3.8, 4) is 0 Å². The second kappa shape index (κ2) is 15.8. The zero-order chi connectivity index (χ0) is 24.1. The number of rotatable bonds is 14. The molecule has 1 aliphatic carbocycles. The lowest BCUT2D eigenvalue weighted by Crippen LogP contribution is -2.42. The first-order chi connectivity index (χ1) is 15.9. The predicted octanol–water partition coefficient (Wildman–Crippen LogP) is 7.47. The van der Waals surface area contributed by atoms with Crippen LogP contribution in [0.2, 0.25) is 10.0 Å². The van der Waals surface area contributed by atoms with Gasteiger partial charge >= 0.3 is 6.03 Å². The number of nitrogens with zero attached hydrogens (tertiary/aromatic N) is 2. The van der Waals surface area contributed by atoms with Gasteiger partial charge in [-0.05, 0) is 83.3 Å². The summed E-state index contributed by atoms with van der Waals surface area (Å²) in [5.41, 5.74) is 0.654. The molecule has 1 aromatic rings. The van der Waals surface area contributed by atoms with Gasteiger partial charge < -0.3 is 19.9 Å². The molecule has 188 valence electrons. The molecule has 1 fully saturated rings. The van der Waals surface area contributed by atoms with Crippen LogP contribution in [0.5, 0.6) is 0 Å². The number of halogens is 2. The Labute approximate surface area is 211 Å². The average molecular weight is 501 g/mol. The van der Waals surface area contributed by atoms with Crippen LogP contribution in [-0.4, -0.2) is 61.8 Å². The largest absolute Gasteiger partial charge is 0.378 e. The molecule has 0 unspecified atom stereocenters. The van der Waals surface area contributed by atoms with E-state index in [1.54, 1.807) is 23.1 Å². The van der Waals surface area contributed by atoms with Gasteiger partial charge in [0.2, 0.25) is 0 Å². The van der Waals surface area contributed by atoms with E-state index in [0.29, 0.717) is 21.8 Å². The zero-order valence-electron chi connectivity index (χ0n) is 20.8. The summed E-state index contributed by atoms with van der Waals surface area (Å²) in [6.45, 7) is 5.55. The Morgan fingerprint density at radius 2 is 1.64 bits per heavy atom. The van der Waals surface area contributed by atoms with Crippen molar-refractivity contribution in [3.63, 3.8) is 0 Å². The van der Waals surface area contributed by atoms with Gasteiger partial charge in [-0.1, -0.05) is 55.8 Å². The van der Waals surface area contributed by atoms with Crippen molar-refractivity contribution in [2.45, 2.75) is 89.7 Å². The van der Waals surface area contributed by atoms with E-state index in [4.69, 9.17) is 27.9 Å². The normalized spacial score (nSPS) is 18.5. The van der Waals surface area contributed by atoms with Crippen LogP contribution < -0.4 is 5.32 Å². The molecule has 2 rings (SSSR count). The van der Waals surface area contributed by atoms with E-state index in [1.807, 2.05) is 7.05 Å². The van der Waals surface area contributed by atoms with Crippen LogP contribution in [0.25, 0.3) is 0 Å². The van der Waals surface area contributed by atoms with Crippen molar-refractivity contribution < 1.29 is 9.53 Å². The van der Waals surface area contributed by atoms with Gasteiger partial charge in [-0.2, -0.15) is 0 Å². The summed E-state index contributed by atoms with van der Waals surface area (Å²) < 4.78 is 6.13. The number of benzene rings is 1. The molecule has 5 nitrogen and oxygen atoms in total. The van der Waals surface area contributed by atoms with Crippen LogP contribution in [-0.2, 0) is 4.74 Å². The third-order valence-electron chi connectivity index (χ3n) is 6.61. The second-order valence-electron chi connectivity index (χ2n) is 9.40. The van der Waals surface area contributed by atoms with Crippen molar-refractivity contribution in [1.29, 1.82) is 0 Å². The molecule has 0 atom stereocenters. The minimum atomic E-state index is -0.117. The van der Waals surface area contributed by atoms with E-state index in [9.17, 15) is 4.79 Å². The fourth-order valence-electron chi connectivity index (χ4n) is 4.38. The zero-order valence-corrected chi connectivity index (χ0v) is 22.3. The Morgan fingerprint density at radius 3 is 2.30 bits per heavy atom. The second-order valence-corrected chi connectivity index (χ2v) is 10.2. The van der Waals surface area contributed by atoms with Gasteiger partial charge in [0.15, 0.2) is 0 Å². The number of ether oxygens (including phenoxy) is 1. The maximum absolute atomic E-state index is 12.6. The topological polar surface area (TPSA) is 44.8 Å². The average Bonchev–Trinajstić information content (AvgIpc) is 2.81. The maximum atomic E-state index is 12.6. The number of hydrogen-bond acceptors (Lipinski definition) is 3. The molecule has 0 aromatic heterocycles. The molecule has 1 aromatic carbocycles. The van der Waals surface area contributed by atoms with E-state index in [2.05, 4.69) is 24.2 Å². The molecular formula is C26H43Cl2N3O2. The van der Waals surface area contributed by atoms with E-state index in [0.717, 1.165) is 38.7 Å². The quantitative estimate of drug-likeness (QED) is 0.270. The van der Waals surface area contributed by atoms with Crippen LogP contribution in [0, 0.1) is 0 Å². The highest BCUT2D eigenvalue weighted by Gasteiger charge is 2.27. The molecule has 0 aliphatic heterocycles. The van der Waals surface area contributed by atoms with Gasteiger partial charge in [0.1, 0.15) is 0 Å². The maximum Gasteiger partial charge on any atom is 0.321 e. The van der Waals surface area contributed by atoms with Crippen molar-refractivity contribution in [2.75, 3.05) is 39.1 Å². The molecular weight excluding hydrogens is 457 g/mol. The molecule has 1 N–H and O–H groups in total. The summed E-state index contributed by atoms with van der Waals surface area (Å²) in [5, 5.41) is 3.82. The molecule has 2 amide bonds. The summed E-state index contributed by atoms with van der Waals surface area (Å²) in [5.74, 6) is 0. The summed E-state index contributed by atoms with van der Waals surface area (Å²) >= 11 is 12.0. The molecule has 0 heterocycles. The standard InChI is InChI=1S/C26H43Cl2N3O2/c1-4-5-8-17-30(2)18-9-6-7-10-19-33-23-14-12-22(13-15-23)31(3)26(32)29-21-11-16-24(27)25(28)20-21/h11,16,20,22-23H,4-10,12-15,17-19H2,1-3H3,(H,29,32). The summed E-state index contributed by atoms with van der Waals surface area (Å²) in [7, 11) is 4.10. The monoisotopic (exact) mass is 499 g/mol. The summed E-state index contributed by atoms with van der Waals surface area (Å²) in [6.07, 6.45) is 13.2. The first kappa shape index (κ1) is 28.2. The molecule has 0 bridgehead atoms. The summed E-state index contributed by atoms with van der Waals surface area (Å²) in [6, 6.07) is 5.24. The summed E-state index contributed by atoms with van der Waals surface area (Å²) in [4.78, 5) is 16.9. The molecule has 0 radical (unpaired) electrons. The van der Waals surface area contributed by atoms with E-state index in [-0.39, 0.29) is 12.1 Å². The van der Waals surface area contributed by atoms with Gasteiger partial charge in [-0.25, -0.2) is 4.79 Å². The molecule has 33 heavy (non-hydrogen) atoms. The highest BCUT2D eigenvalue weighted by molar-refractivity contribution is 6.42. The molecule has 7 heteroatoms. The van der Waals surface area contributed by atoms with Gasteiger partial charge in [0.05, 0.1) is 16.1 Å². The Bertz CT molecular complexity index is 696. The third kappa shape index (κ3) is 10.9. The van der Waals surface area contributed by atoms with Crippen LogP contribution in [0.3, 0.4) is 0 Å². The number of carbonyl (C=O) groups is 1. The highest BCUT2D eigenvalue weighted by Crippen LogP contribution is 2.27. The van der Waals surface area contributed by atoms with Crippen molar-refractivity contribution in [3.05, 3.63) is 28.2 Å². The van der Waals surface area contributed by atoms with Crippen molar-refractivity contribution >= 4 is 34.9 Å². The minimum absolute atomic E-state index is 0.117. The van der Waals surface area contributed by atoms with Gasteiger partial charge in [0.25, 0.3) is 0 Å². The fourth-order valence-corrected chi connectivity index (χ4v) is 4.68. The van der Waals surface area contributed by atoms with Crippen LogP contribution >= 0.6 is 23.2 Å². The van der Waals surface area contributed by atoms with Crippen molar-refractivity contribution in [2.24, 2.45) is 0 Å². The number of unbranched alkanes of at least 4 members (excludes halogenated alkanes) is 5. The van der Waals surface area contributed by atoms with Gasteiger partial charge in [-0.15, -0.1) is 0 Å². The number of amides is 2. The minimum Gasteiger partial charge on any atom is -0.378 e. The lowest BCUT2D eigenvalue weighted by atomic mass is 9.92. The smallest absolute Gasteiger partial charge is 0.321 e. The number of hydrogen-bond donors (Lipinski definition) is 1. The fraction of sp³-hybridized carbons (Fsp3) is 0.731. The number of anilines is 1. The third-order valence-corrected chi connectivity index (χ3v) is 7.35. The Balaban J connectivity index is 1.53. The first-order valence-electron chi connectivity index (χ1n) is 12.7. The molecule has 1 saturated carbocycles. The Morgan fingerprint density at radius 1 is 0.970 bits per heavy atom. The highest BCUT2D eigenvalue weighted by atomic mass is 35.5. The molecule has 1 aliphatic rings. The van der Waals surface area contributed by atoms with E-state index in [1.165, 1.54) is 51.6 Å². The number of nitrogens with one attached hydrogen (secondary N) is 1. The predicted molar refractivity (Wildman–Crippen MR) is 141 cm³/mol. The lowest BCUT2D eigenvalue weighted by Gasteiger charge is -2.34. The van der Waals surface area contributed by atoms with E-state index >= 15 is 0 Å². The SMILES string of the molecule is CCCCCN(C)CCCCCCOC1CCC(N(C)C(=O)Nc2ccc(Cl)c(Cl)c2)CC1. The van der Waals surface area contributed by atoms with Crippen LogP contribution in [0.15, 0.2) is 18.2 Å². The first-order valence-corrected chi connectivity index (χ1v) is 13.4. The van der Waals surface area contributed by atoms with Crippen molar-refractivity contribution in [1.82, 2.24) is 9.80 Å².